The van der Waals surface area contributed by atoms with Crippen LogP contribution in [0.25, 0.3) is 22.7 Å². The molecule has 1 unspecified atom stereocenters. The van der Waals surface area contributed by atoms with Gasteiger partial charge in [0.1, 0.15) is 17.9 Å². The number of nitrogens with one attached hydrogen (secondary N) is 3. The van der Waals surface area contributed by atoms with Crippen molar-refractivity contribution in [2.75, 3.05) is 18.9 Å². The zero-order valence-corrected chi connectivity index (χ0v) is 16.3. The quantitative estimate of drug-likeness (QED) is 0.322. The number of halogens is 2. The summed E-state index contributed by atoms with van der Waals surface area (Å²) in [5.74, 6) is -3.60. The standard InChI is InChI=1S/C16H19F2N9O4/c1-16(17,18)4-20-12-7-13(24-11(23-12)6-3-22-26-25-6)27(5-21-7)15-9(29)8(28)10(31-15)14(30)19-2/h3,5,8-10,15,28-29H,4H2,1-2H3,(H,19,30)(H,20,23,24)(H,22,25,26)/t8-,9+,10?,15+/m0/s1. The van der Waals surface area contributed by atoms with Gasteiger partial charge in [-0.1, -0.05) is 0 Å². The van der Waals surface area contributed by atoms with E-state index in [0.29, 0.717) is 0 Å². The van der Waals surface area contributed by atoms with E-state index in [9.17, 15) is 23.8 Å². The molecular weight excluding hydrogens is 420 g/mol. The Kier molecular flexibility index (Phi) is 5.24. The number of fused-ring (bicyclic) bond motifs is 1. The molecule has 1 fully saturated rings. The fraction of sp³-hybridized carbons (Fsp3) is 0.500. The number of aliphatic hydroxyl groups excluding tert-OH is 2. The van der Waals surface area contributed by atoms with E-state index in [1.54, 1.807) is 0 Å². The number of likely N-dealkylation sites (N-methyl/N-ethyl adjacent to an activating group) is 1. The number of ether oxygens (including phenoxy) is 1. The minimum Gasteiger partial charge on any atom is -0.387 e. The van der Waals surface area contributed by atoms with Gasteiger partial charge in [-0.05, 0) is 0 Å². The number of alkyl halides is 2. The number of carbonyl (C=O) groups excluding carboxylic acids is 1. The average molecular weight is 439 g/mol. The van der Waals surface area contributed by atoms with Crippen LogP contribution in [-0.4, -0.2) is 88.9 Å². The highest BCUT2D eigenvalue weighted by atomic mass is 19.3. The molecule has 0 bridgehead atoms. The first-order valence-corrected chi connectivity index (χ1v) is 9.15. The Morgan fingerprint density at radius 3 is 2.77 bits per heavy atom. The normalized spacial score (nSPS) is 23.9. The molecule has 3 aromatic rings. The van der Waals surface area contributed by atoms with E-state index in [1.807, 2.05) is 0 Å². The topological polar surface area (TPSA) is 176 Å². The molecule has 1 aliphatic rings. The van der Waals surface area contributed by atoms with Crippen LogP contribution in [0.1, 0.15) is 13.2 Å². The molecule has 0 aliphatic carbocycles. The third-order valence-electron chi connectivity index (χ3n) is 4.65. The summed E-state index contributed by atoms with van der Waals surface area (Å²) in [6, 6.07) is 0. The zero-order valence-electron chi connectivity index (χ0n) is 16.3. The number of hydrogen-bond donors (Lipinski definition) is 5. The van der Waals surface area contributed by atoms with Gasteiger partial charge < -0.3 is 25.6 Å². The fourth-order valence-electron chi connectivity index (χ4n) is 3.14. The molecule has 1 amide bonds. The van der Waals surface area contributed by atoms with Crippen LogP contribution in [0.3, 0.4) is 0 Å². The van der Waals surface area contributed by atoms with Crippen LogP contribution in [0.2, 0.25) is 0 Å². The third-order valence-corrected chi connectivity index (χ3v) is 4.65. The highest BCUT2D eigenvalue weighted by molar-refractivity contribution is 5.85. The van der Waals surface area contributed by atoms with Gasteiger partial charge in [0.25, 0.3) is 11.8 Å². The molecule has 13 nitrogen and oxygen atoms in total. The molecule has 1 saturated heterocycles. The number of aromatic amines is 1. The van der Waals surface area contributed by atoms with Gasteiger partial charge in [-0.25, -0.2) is 23.7 Å². The number of amides is 1. The summed E-state index contributed by atoms with van der Waals surface area (Å²) < 4.78 is 33.6. The largest absolute Gasteiger partial charge is 0.387 e. The molecule has 31 heavy (non-hydrogen) atoms. The van der Waals surface area contributed by atoms with Crippen molar-refractivity contribution in [3.8, 4) is 11.5 Å². The van der Waals surface area contributed by atoms with Crippen molar-refractivity contribution in [2.24, 2.45) is 0 Å². The number of rotatable bonds is 6. The molecule has 15 heteroatoms. The third kappa shape index (κ3) is 3.89. The van der Waals surface area contributed by atoms with E-state index in [0.717, 1.165) is 6.92 Å². The van der Waals surface area contributed by atoms with Crippen molar-refractivity contribution < 1.29 is 28.5 Å². The lowest BCUT2D eigenvalue weighted by atomic mass is 10.1. The maximum Gasteiger partial charge on any atom is 0.262 e. The predicted octanol–water partition coefficient (Wildman–Crippen LogP) is -0.956. The Morgan fingerprint density at radius 1 is 1.35 bits per heavy atom. The van der Waals surface area contributed by atoms with Crippen LogP contribution in [0.15, 0.2) is 12.5 Å². The van der Waals surface area contributed by atoms with Crippen LogP contribution in [0.4, 0.5) is 14.6 Å². The summed E-state index contributed by atoms with van der Waals surface area (Å²) in [4.78, 5) is 24.6. The van der Waals surface area contributed by atoms with Crippen molar-refractivity contribution in [2.45, 2.75) is 37.4 Å². The smallest absolute Gasteiger partial charge is 0.262 e. The first-order valence-electron chi connectivity index (χ1n) is 9.15. The van der Waals surface area contributed by atoms with Gasteiger partial charge >= 0.3 is 0 Å². The summed E-state index contributed by atoms with van der Waals surface area (Å²) in [6.45, 7) is 0.0306. The van der Waals surface area contributed by atoms with Crippen LogP contribution in [0, 0.1) is 0 Å². The van der Waals surface area contributed by atoms with Crippen molar-refractivity contribution in [3.63, 3.8) is 0 Å². The summed E-state index contributed by atoms with van der Waals surface area (Å²) in [5, 5.41) is 35.5. The number of imidazole rings is 1. The second-order valence-electron chi connectivity index (χ2n) is 7.04. The van der Waals surface area contributed by atoms with Crippen LogP contribution < -0.4 is 10.6 Å². The predicted molar refractivity (Wildman–Crippen MR) is 99.8 cm³/mol. The number of anilines is 1. The molecule has 4 heterocycles. The minimum absolute atomic E-state index is 0.000776. The highest BCUT2D eigenvalue weighted by Gasteiger charge is 2.47. The van der Waals surface area contributed by atoms with Gasteiger partial charge in [-0.2, -0.15) is 15.4 Å². The van der Waals surface area contributed by atoms with Gasteiger partial charge in [0.15, 0.2) is 35.1 Å². The van der Waals surface area contributed by atoms with Gasteiger partial charge in [-0.3, -0.25) is 9.36 Å². The lowest BCUT2D eigenvalue weighted by Crippen LogP contribution is -2.41. The molecule has 4 rings (SSSR count). The lowest BCUT2D eigenvalue weighted by Gasteiger charge is -2.17. The van der Waals surface area contributed by atoms with E-state index in [-0.39, 0.29) is 28.5 Å². The Morgan fingerprint density at radius 2 is 2.13 bits per heavy atom. The number of H-pyrrole nitrogens is 1. The highest BCUT2D eigenvalue weighted by Crippen LogP contribution is 2.33. The lowest BCUT2D eigenvalue weighted by molar-refractivity contribution is -0.137. The molecule has 1 aliphatic heterocycles. The monoisotopic (exact) mass is 439 g/mol. The summed E-state index contributed by atoms with van der Waals surface area (Å²) >= 11 is 0. The maximum absolute atomic E-state index is 13.4. The molecule has 0 radical (unpaired) electrons. The second kappa shape index (κ2) is 7.75. The number of aliphatic hydroxyl groups is 2. The van der Waals surface area contributed by atoms with Crippen LogP contribution >= 0.6 is 0 Å². The molecule has 5 N–H and O–H groups in total. The van der Waals surface area contributed by atoms with E-state index < -0.39 is 42.9 Å². The zero-order chi connectivity index (χ0) is 22.3. The number of aromatic nitrogens is 7. The Labute approximate surface area is 172 Å². The van der Waals surface area contributed by atoms with Crippen molar-refractivity contribution >= 4 is 22.9 Å². The van der Waals surface area contributed by atoms with E-state index in [4.69, 9.17) is 4.74 Å². The molecule has 4 atom stereocenters. The van der Waals surface area contributed by atoms with Gasteiger partial charge in [0.2, 0.25) is 0 Å². The Balaban J connectivity index is 1.79. The van der Waals surface area contributed by atoms with Crippen molar-refractivity contribution in [1.29, 1.82) is 0 Å². The van der Waals surface area contributed by atoms with Crippen molar-refractivity contribution in [3.05, 3.63) is 12.5 Å². The molecule has 0 saturated carbocycles. The van der Waals surface area contributed by atoms with Crippen molar-refractivity contribution in [1.82, 2.24) is 40.2 Å². The summed E-state index contributed by atoms with van der Waals surface area (Å²) in [5.41, 5.74) is 0.450. The van der Waals surface area contributed by atoms with Gasteiger partial charge in [0, 0.05) is 14.0 Å². The minimum atomic E-state index is -3.02. The summed E-state index contributed by atoms with van der Waals surface area (Å²) in [6.07, 6.45) is -2.95. The Hall–Kier alpha value is -3.30. The van der Waals surface area contributed by atoms with E-state index in [2.05, 4.69) is 41.0 Å². The molecular formula is C16H19F2N9O4. The van der Waals surface area contributed by atoms with Crippen LogP contribution in [0.5, 0.6) is 0 Å². The average Bonchev–Trinajstić information content (AvgIpc) is 3.46. The van der Waals surface area contributed by atoms with Crippen LogP contribution in [-0.2, 0) is 9.53 Å². The fourth-order valence-corrected chi connectivity index (χ4v) is 3.14. The molecule has 0 aromatic carbocycles. The summed E-state index contributed by atoms with van der Waals surface area (Å²) in [7, 11) is 1.36. The molecule has 3 aromatic heterocycles. The first kappa shape index (κ1) is 21.0. The van der Waals surface area contributed by atoms with E-state index >= 15 is 0 Å². The number of hydrogen-bond acceptors (Lipinski definition) is 10. The Bertz CT molecular complexity index is 1080. The molecule has 166 valence electrons. The molecule has 0 spiro atoms. The van der Waals surface area contributed by atoms with E-state index in [1.165, 1.54) is 24.1 Å². The number of nitrogens with zero attached hydrogens (tertiary/aromatic N) is 6. The first-order chi connectivity index (χ1) is 14.7. The maximum atomic E-state index is 13.4. The SMILES string of the molecule is CNC(=O)C1O[C@@H](n2cnc3c(NCC(C)(F)F)nc(-c4cn[nH]n4)nc32)[C@H](O)[C@@H]1O. The number of carbonyl (C=O) groups is 1. The second-order valence-corrected chi connectivity index (χ2v) is 7.04. The van der Waals surface area contributed by atoms with Gasteiger partial charge in [0.05, 0.1) is 19.1 Å². The van der Waals surface area contributed by atoms with Gasteiger partial charge in [-0.15, -0.1) is 0 Å².